The Bertz CT molecular complexity index is 881. The highest BCUT2D eigenvalue weighted by Crippen LogP contribution is 2.32. The van der Waals surface area contributed by atoms with Crippen molar-refractivity contribution < 1.29 is 13.9 Å². The molecule has 0 radical (unpaired) electrons. The fourth-order valence-electron chi connectivity index (χ4n) is 2.99. The molecule has 1 aliphatic rings. The number of carbonyl (C=O) groups is 1. The van der Waals surface area contributed by atoms with Gasteiger partial charge in [0.25, 0.3) is 5.91 Å². The summed E-state index contributed by atoms with van der Waals surface area (Å²) >= 11 is 4.81. The smallest absolute Gasteiger partial charge is 0.296 e. The Morgan fingerprint density at radius 3 is 2.96 bits per heavy atom. The molecule has 1 aliphatic heterocycles. The first-order chi connectivity index (χ1) is 12.1. The van der Waals surface area contributed by atoms with E-state index in [0.29, 0.717) is 22.1 Å². The zero-order chi connectivity index (χ0) is 17.4. The Hall–Kier alpha value is -1.70. The quantitative estimate of drug-likeness (QED) is 0.608. The average Bonchev–Trinajstić information content (AvgIpc) is 3.31. The highest BCUT2D eigenvalue weighted by molar-refractivity contribution is 9.10. The van der Waals surface area contributed by atoms with Crippen LogP contribution in [0.4, 0.5) is 5.13 Å². The third-order valence-electron chi connectivity index (χ3n) is 4.25. The van der Waals surface area contributed by atoms with E-state index in [1.807, 2.05) is 31.2 Å². The van der Waals surface area contributed by atoms with Crippen molar-refractivity contribution in [2.24, 2.45) is 0 Å². The van der Waals surface area contributed by atoms with Gasteiger partial charge in [0.15, 0.2) is 15.6 Å². The van der Waals surface area contributed by atoms with Crippen LogP contribution < -0.4 is 4.90 Å². The number of hydrogen-bond acceptors (Lipinski definition) is 5. The van der Waals surface area contributed by atoms with Gasteiger partial charge in [0.1, 0.15) is 0 Å². The summed E-state index contributed by atoms with van der Waals surface area (Å²) in [5.41, 5.74) is 1.69. The van der Waals surface area contributed by atoms with Gasteiger partial charge in [0, 0.05) is 12.2 Å². The van der Waals surface area contributed by atoms with Gasteiger partial charge >= 0.3 is 0 Å². The predicted molar refractivity (Wildman–Crippen MR) is 101 cm³/mol. The average molecular weight is 421 g/mol. The number of nitrogens with zero attached hydrogens (tertiary/aromatic N) is 2. The predicted octanol–water partition coefficient (Wildman–Crippen LogP) is 4.79. The summed E-state index contributed by atoms with van der Waals surface area (Å²) in [6.07, 6.45) is 2.02. The minimum absolute atomic E-state index is 0.0367. The Kier molecular flexibility index (Phi) is 4.62. The SMILES string of the molecule is Cc1cc(Br)oc1C(=O)N(CC1CCCO1)c1nc2ccccc2s1. The van der Waals surface area contributed by atoms with Crippen LogP contribution in [0.2, 0.25) is 0 Å². The molecule has 130 valence electrons. The summed E-state index contributed by atoms with van der Waals surface area (Å²) in [5, 5.41) is 0.675. The van der Waals surface area contributed by atoms with Crippen molar-refractivity contribution in [2.75, 3.05) is 18.1 Å². The summed E-state index contributed by atoms with van der Waals surface area (Å²) in [4.78, 5) is 19.5. The van der Waals surface area contributed by atoms with Crippen molar-refractivity contribution in [3.05, 3.63) is 46.3 Å². The minimum atomic E-state index is -0.183. The molecular formula is C18H17BrN2O3S. The van der Waals surface area contributed by atoms with Gasteiger partial charge in [-0.2, -0.15) is 0 Å². The van der Waals surface area contributed by atoms with Crippen LogP contribution in [0.1, 0.15) is 29.0 Å². The number of amides is 1. The van der Waals surface area contributed by atoms with E-state index < -0.39 is 0 Å². The number of anilines is 1. The Morgan fingerprint density at radius 1 is 1.44 bits per heavy atom. The number of para-hydroxylation sites is 1. The van der Waals surface area contributed by atoms with Crippen molar-refractivity contribution >= 4 is 48.5 Å². The molecule has 3 heterocycles. The lowest BCUT2D eigenvalue weighted by atomic mass is 10.2. The van der Waals surface area contributed by atoms with Crippen LogP contribution in [0.15, 0.2) is 39.4 Å². The number of hydrogen-bond donors (Lipinski definition) is 0. The minimum Gasteiger partial charge on any atom is -0.444 e. The van der Waals surface area contributed by atoms with Crippen LogP contribution in [-0.2, 0) is 4.74 Å². The second-order valence-corrected chi connectivity index (χ2v) is 7.87. The summed E-state index contributed by atoms with van der Waals surface area (Å²) < 4.78 is 12.9. The third-order valence-corrected chi connectivity index (χ3v) is 5.70. The molecule has 0 saturated carbocycles. The maximum absolute atomic E-state index is 13.2. The van der Waals surface area contributed by atoms with Crippen molar-refractivity contribution in [1.82, 2.24) is 4.98 Å². The van der Waals surface area contributed by atoms with E-state index in [1.165, 1.54) is 11.3 Å². The Balaban J connectivity index is 1.72. The fourth-order valence-corrected chi connectivity index (χ4v) is 4.47. The summed E-state index contributed by atoms with van der Waals surface area (Å²) in [7, 11) is 0. The van der Waals surface area contributed by atoms with Gasteiger partial charge in [-0.15, -0.1) is 0 Å². The van der Waals surface area contributed by atoms with E-state index in [9.17, 15) is 4.79 Å². The van der Waals surface area contributed by atoms with Gasteiger partial charge in [-0.1, -0.05) is 23.5 Å². The molecule has 1 fully saturated rings. The molecule has 0 aliphatic carbocycles. The Morgan fingerprint density at radius 2 is 2.28 bits per heavy atom. The van der Waals surface area contributed by atoms with E-state index in [4.69, 9.17) is 9.15 Å². The molecule has 5 nitrogen and oxygen atoms in total. The maximum Gasteiger partial charge on any atom is 0.296 e. The molecule has 3 aromatic rings. The van der Waals surface area contributed by atoms with Crippen LogP contribution in [0, 0.1) is 6.92 Å². The monoisotopic (exact) mass is 420 g/mol. The highest BCUT2D eigenvalue weighted by Gasteiger charge is 2.29. The van der Waals surface area contributed by atoms with Crippen LogP contribution in [-0.4, -0.2) is 30.1 Å². The van der Waals surface area contributed by atoms with Gasteiger partial charge in [0.2, 0.25) is 0 Å². The lowest BCUT2D eigenvalue weighted by Crippen LogP contribution is -2.37. The first kappa shape index (κ1) is 16.8. The molecule has 0 spiro atoms. The summed E-state index contributed by atoms with van der Waals surface area (Å²) in [6.45, 7) is 3.10. The summed E-state index contributed by atoms with van der Waals surface area (Å²) in [5.74, 6) is 0.155. The number of thiazole rings is 1. The molecular weight excluding hydrogens is 404 g/mol. The van der Waals surface area contributed by atoms with Crippen molar-refractivity contribution in [1.29, 1.82) is 0 Å². The summed E-state index contributed by atoms with van der Waals surface area (Å²) in [6, 6.07) is 9.70. The highest BCUT2D eigenvalue weighted by atomic mass is 79.9. The van der Waals surface area contributed by atoms with E-state index in [0.717, 1.165) is 35.2 Å². The van der Waals surface area contributed by atoms with Gasteiger partial charge in [-0.05, 0) is 53.9 Å². The first-order valence-electron chi connectivity index (χ1n) is 8.17. The van der Waals surface area contributed by atoms with E-state index in [2.05, 4.69) is 20.9 Å². The molecule has 2 aromatic heterocycles. The largest absolute Gasteiger partial charge is 0.444 e. The molecule has 25 heavy (non-hydrogen) atoms. The third kappa shape index (κ3) is 3.36. The molecule has 1 unspecified atom stereocenters. The van der Waals surface area contributed by atoms with Crippen molar-refractivity contribution in [3.63, 3.8) is 0 Å². The van der Waals surface area contributed by atoms with E-state index in [-0.39, 0.29) is 12.0 Å². The van der Waals surface area contributed by atoms with Crippen LogP contribution >= 0.6 is 27.3 Å². The van der Waals surface area contributed by atoms with Gasteiger partial charge in [-0.25, -0.2) is 4.98 Å². The number of ether oxygens (including phenoxy) is 1. The van der Waals surface area contributed by atoms with Gasteiger partial charge < -0.3 is 9.15 Å². The number of rotatable bonds is 4. The van der Waals surface area contributed by atoms with Crippen LogP contribution in [0.3, 0.4) is 0 Å². The standard InChI is InChI=1S/C18H17BrN2O3S/c1-11-9-15(19)24-16(11)17(22)21(10-12-5-4-8-23-12)18-20-13-6-2-3-7-14(13)25-18/h2-3,6-7,9,12H,4-5,8,10H2,1H3. The van der Waals surface area contributed by atoms with Gasteiger partial charge in [0.05, 0.1) is 22.9 Å². The molecule has 1 aromatic carbocycles. The number of furan rings is 1. The Labute approximate surface area is 157 Å². The second-order valence-electron chi connectivity index (χ2n) is 6.08. The lowest BCUT2D eigenvalue weighted by Gasteiger charge is -2.22. The number of aryl methyl sites for hydroxylation is 1. The lowest BCUT2D eigenvalue weighted by molar-refractivity contribution is 0.0893. The molecule has 4 rings (SSSR count). The number of halogens is 1. The van der Waals surface area contributed by atoms with Crippen molar-refractivity contribution in [2.45, 2.75) is 25.9 Å². The normalized spacial score (nSPS) is 17.3. The number of carbonyl (C=O) groups excluding carboxylic acids is 1. The van der Waals surface area contributed by atoms with Gasteiger partial charge in [-0.3, -0.25) is 9.69 Å². The number of benzene rings is 1. The maximum atomic E-state index is 13.2. The van der Waals surface area contributed by atoms with E-state index >= 15 is 0 Å². The molecule has 0 N–H and O–H groups in total. The second kappa shape index (κ2) is 6.90. The van der Waals surface area contributed by atoms with Crippen LogP contribution in [0.5, 0.6) is 0 Å². The zero-order valence-electron chi connectivity index (χ0n) is 13.7. The zero-order valence-corrected chi connectivity index (χ0v) is 16.1. The first-order valence-corrected chi connectivity index (χ1v) is 9.78. The molecule has 1 saturated heterocycles. The van der Waals surface area contributed by atoms with Crippen molar-refractivity contribution in [3.8, 4) is 0 Å². The van der Waals surface area contributed by atoms with E-state index in [1.54, 1.807) is 11.0 Å². The number of fused-ring (bicyclic) bond motifs is 1. The fraction of sp³-hybridized carbons (Fsp3) is 0.333. The molecule has 1 amide bonds. The van der Waals surface area contributed by atoms with Crippen LogP contribution in [0.25, 0.3) is 10.2 Å². The molecule has 1 atom stereocenters. The number of aromatic nitrogens is 1. The molecule has 7 heteroatoms. The molecule has 0 bridgehead atoms. The topological polar surface area (TPSA) is 55.6 Å².